The summed E-state index contributed by atoms with van der Waals surface area (Å²) in [6, 6.07) is 5.61. The number of carbonyl (C=O) groups is 1. The molecule has 10 heteroatoms. The largest absolute Gasteiger partial charge is 0.484 e. The zero-order valence-electron chi connectivity index (χ0n) is 14.3. The Morgan fingerprint density at radius 3 is 2.31 bits per heavy atom. The standard InChI is InChI=1S/C16H21F3N2O4S/c1-2-26(23,24)21-9-7-12(8-10-21)15(22)20-13-3-5-14(6-4-13)25-11-16(17,18)19/h3-6,12H,2,7-11H2,1H3,(H,20,22). The number of hydrogen-bond acceptors (Lipinski definition) is 4. The highest BCUT2D eigenvalue weighted by atomic mass is 32.2. The third-order valence-corrected chi connectivity index (χ3v) is 5.99. The highest BCUT2D eigenvalue weighted by molar-refractivity contribution is 7.89. The Balaban J connectivity index is 1.85. The molecule has 1 aliphatic rings. The molecule has 0 atom stereocenters. The first-order valence-electron chi connectivity index (χ1n) is 8.19. The second-order valence-electron chi connectivity index (χ2n) is 5.99. The molecule has 6 nitrogen and oxygen atoms in total. The molecule has 0 unspecified atom stereocenters. The van der Waals surface area contributed by atoms with Crippen LogP contribution in [0.2, 0.25) is 0 Å². The zero-order valence-corrected chi connectivity index (χ0v) is 15.1. The molecule has 0 radical (unpaired) electrons. The lowest BCUT2D eigenvalue weighted by Crippen LogP contribution is -2.42. The van der Waals surface area contributed by atoms with Crippen LogP contribution in [0.5, 0.6) is 5.75 Å². The Morgan fingerprint density at radius 2 is 1.81 bits per heavy atom. The van der Waals surface area contributed by atoms with E-state index in [0.717, 1.165) is 0 Å². The van der Waals surface area contributed by atoms with Crippen LogP contribution in [-0.2, 0) is 14.8 Å². The van der Waals surface area contributed by atoms with Crippen molar-refractivity contribution in [2.75, 3.05) is 30.8 Å². The van der Waals surface area contributed by atoms with Crippen LogP contribution in [0.3, 0.4) is 0 Å². The van der Waals surface area contributed by atoms with Gasteiger partial charge in [0.2, 0.25) is 15.9 Å². The van der Waals surface area contributed by atoms with E-state index in [4.69, 9.17) is 0 Å². The molecule has 0 aromatic heterocycles. The van der Waals surface area contributed by atoms with Crippen molar-refractivity contribution in [2.24, 2.45) is 5.92 Å². The normalized spacial score (nSPS) is 17.1. The second kappa shape index (κ2) is 8.26. The molecule has 1 saturated heterocycles. The topological polar surface area (TPSA) is 75.7 Å². The second-order valence-corrected chi connectivity index (χ2v) is 8.25. The smallest absolute Gasteiger partial charge is 0.422 e. The highest BCUT2D eigenvalue weighted by Gasteiger charge is 2.30. The van der Waals surface area contributed by atoms with Crippen LogP contribution >= 0.6 is 0 Å². The van der Waals surface area contributed by atoms with E-state index in [9.17, 15) is 26.4 Å². The van der Waals surface area contributed by atoms with Gasteiger partial charge in [-0.2, -0.15) is 13.2 Å². The quantitative estimate of drug-likeness (QED) is 0.805. The fourth-order valence-corrected chi connectivity index (χ4v) is 3.76. The molecule has 26 heavy (non-hydrogen) atoms. The van der Waals surface area contributed by atoms with Crippen molar-refractivity contribution in [1.29, 1.82) is 0 Å². The minimum atomic E-state index is -4.41. The molecule has 1 N–H and O–H groups in total. The van der Waals surface area contributed by atoms with Crippen molar-refractivity contribution in [3.05, 3.63) is 24.3 Å². The van der Waals surface area contributed by atoms with Gasteiger partial charge in [-0.1, -0.05) is 0 Å². The van der Waals surface area contributed by atoms with E-state index < -0.39 is 22.8 Å². The third kappa shape index (κ3) is 5.87. The third-order valence-electron chi connectivity index (χ3n) is 4.11. The summed E-state index contributed by atoms with van der Waals surface area (Å²) in [4.78, 5) is 12.3. The van der Waals surface area contributed by atoms with Gasteiger partial charge in [0.05, 0.1) is 5.75 Å². The molecular formula is C16H21F3N2O4S. The number of hydrogen-bond donors (Lipinski definition) is 1. The van der Waals surface area contributed by atoms with Gasteiger partial charge in [-0.25, -0.2) is 12.7 Å². The maximum atomic E-state index is 12.3. The first-order valence-corrected chi connectivity index (χ1v) is 9.80. The summed E-state index contributed by atoms with van der Waals surface area (Å²) >= 11 is 0. The number of halogens is 3. The van der Waals surface area contributed by atoms with Crippen LogP contribution in [-0.4, -0.2) is 50.3 Å². The number of rotatable bonds is 6. The molecule has 1 aliphatic heterocycles. The minimum Gasteiger partial charge on any atom is -0.484 e. The van der Waals surface area contributed by atoms with E-state index in [0.29, 0.717) is 31.6 Å². The highest BCUT2D eigenvalue weighted by Crippen LogP contribution is 2.23. The molecule has 146 valence electrons. The Bertz CT molecular complexity index is 712. The Labute approximate surface area is 150 Å². The molecule has 0 bridgehead atoms. The van der Waals surface area contributed by atoms with E-state index in [1.54, 1.807) is 6.92 Å². The number of piperidine rings is 1. The SMILES string of the molecule is CCS(=O)(=O)N1CCC(C(=O)Nc2ccc(OCC(F)(F)F)cc2)CC1. The maximum absolute atomic E-state index is 12.3. The van der Waals surface area contributed by atoms with Crippen LogP contribution in [0, 0.1) is 5.92 Å². The fourth-order valence-electron chi connectivity index (χ4n) is 2.62. The van der Waals surface area contributed by atoms with E-state index in [1.165, 1.54) is 28.6 Å². The first-order chi connectivity index (χ1) is 12.1. The molecule has 1 aromatic carbocycles. The van der Waals surface area contributed by atoms with Crippen LogP contribution in [0.15, 0.2) is 24.3 Å². The number of alkyl halides is 3. The van der Waals surface area contributed by atoms with Gasteiger partial charge in [0, 0.05) is 24.7 Å². The van der Waals surface area contributed by atoms with Crippen LogP contribution < -0.4 is 10.1 Å². The molecular weight excluding hydrogens is 373 g/mol. The number of nitrogens with one attached hydrogen (secondary N) is 1. The van der Waals surface area contributed by atoms with Crippen molar-refractivity contribution in [3.8, 4) is 5.75 Å². The maximum Gasteiger partial charge on any atom is 0.422 e. The number of carbonyl (C=O) groups excluding carboxylic acids is 1. The molecule has 0 aliphatic carbocycles. The summed E-state index contributed by atoms with van der Waals surface area (Å²) in [5, 5.41) is 2.69. The minimum absolute atomic E-state index is 0.0343. The first kappa shape index (κ1) is 20.5. The zero-order chi connectivity index (χ0) is 19.4. The van der Waals surface area contributed by atoms with Crippen molar-refractivity contribution in [1.82, 2.24) is 4.31 Å². The van der Waals surface area contributed by atoms with Gasteiger partial charge in [0.1, 0.15) is 5.75 Å². The molecule has 1 fully saturated rings. The Morgan fingerprint density at radius 1 is 1.23 bits per heavy atom. The molecule has 1 heterocycles. The van der Waals surface area contributed by atoms with Crippen LogP contribution in [0.4, 0.5) is 18.9 Å². The van der Waals surface area contributed by atoms with Crippen molar-refractivity contribution in [3.63, 3.8) is 0 Å². The van der Waals surface area contributed by atoms with Gasteiger partial charge in [0.25, 0.3) is 0 Å². The molecule has 1 aromatic rings. The average Bonchev–Trinajstić information content (AvgIpc) is 2.60. The Kier molecular flexibility index (Phi) is 6.51. The monoisotopic (exact) mass is 394 g/mol. The van der Waals surface area contributed by atoms with Crippen molar-refractivity contribution >= 4 is 21.6 Å². The van der Waals surface area contributed by atoms with Gasteiger partial charge >= 0.3 is 6.18 Å². The molecule has 0 saturated carbocycles. The molecule has 2 rings (SSSR count). The van der Waals surface area contributed by atoms with Crippen molar-refractivity contribution in [2.45, 2.75) is 25.9 Å². The average molecular weight is 394 g/mol. The summed E-state index contributed by atoms with van der Waals surface area (Å²) in [6.07, 6.45) is -3.55. The Hall–Kier alpha value is -1.81. The summed E-state index contributed by atoms with van der Waals surface area (Å²) in [6.45, 7) is 0.811. The van der Waals surface area contributed by atoms with E-state index in [1.807, 2.05) is 0 Å². The lowest BCUT2D eigenvalue weighted by Gasteiger charge is -2.30. The number of benzene rings is 1. The van der Waals surface area contributed by atoms with Crippen LogP contribution in [0.1, 0.15) is 19.8 Å². The lowest BCUT2D eigenvalue weighted by atomic mass is 9.97. The van der Waals surface area contributed by atoms with Gasteiger partial charge < -0.3 is 10.1 Å². The summed E-state index contributed by atoms with van der Waals surface area (Å²) in [5.41, 5.74) is 0.443. The summed E-state index contributed by atoms with van der Waals surface area (Å²) in [7, 11) is -3.24. The molecule has 0 spiro atoms. The molecule has 1 amide bonds. The summed E-state index contributed by atoms with van der Waals surface area (Å²) in [5.74, 6) is -0.451. The van der Waals surface area contributed by atoms with E-state index >= 15 is 0 Å². The number of nitrogens with zero attached hydrogens (tertiary/aromatic N) is 1. The predicted molar refractivity (Wildman–Crippen MR) is 90.4 cm³/mol. The number of anilines is 1. The van der Waals surface area contributed by atoms with Gasteiger partial charge in [-0.15, -0.1) is 0 Å². The lowest BCUT2D eigenvalue weighted by molar-refractivity contribution is -0.153. The number of ether oxygens (including phenoxy) is 1. The summed E-state index contributed by atoms with van der Waals surface area (Å²) < 4.78 is 65.9. The van der Waals surface area contributed by atoms with E-state index in [-0.39, 0.29) is 23.3 Å². The number of amides is 1. The van der Waals surface area contributed by atoms with Gasteiger partial charge in [-0.3, -0.25) is 4.79 Å². The fraction of sp³-hybridized carbons (Fsp3) is 0.562. The van der Waals surface area contributed by atoms with Gasteiger partial charge in [0.15, 0.2) is 6.61 Å². The predicted octanol–water partition coefficient (Wildman–Crippen LogP) is 2.63. The van der Waals surface area contributed by atoms with Crippen LogP contribution in [0.25, 0.3) is 0 Å². The van der Waals surface area contributed by atoms with E-state index in [2.05, 4.69) is 10.1 Å². The van der Waals surface area contributed by atoms with Crippen molar-refractivity contribution < 1.29 is 31.1 Å². The number of sulfonamides is 1. The van der Waals surface area contributed by atoms with Gasteiger partial charge in [-0.05, 0) is 44.0 Å².